The Morgan fingerprint density at radius 1 is 1.21 bits per heavy atom. The predicted molar refractivity (Wildman–Crippen MR) is 84.2 cm³/mol. The van der Waals surface area contributed by atoms with E-state index in [0.717, 1.165) is 9.13 Å². The highest BCUT2D eigenvalue weighted by Crippen LogP contribution is 2.19. The zero-order chi connectivity index (χ0) is 13.8. The first-order valence-electron chi connectivity index (χ1n) is 5.92. The number of anilines is 1. The van der Waals surface area contributed by atoms with Gasteiger partial charge in [0.25, 0.3) is 5.91 Å². The molecule has 0 saturated carbocycles. The fourth-order valence-corrected chi connectivity index (χ4v) is 2.35. The van der Waals surface area contributed by atoms with Gasteiger partial charge in [-0.1, -0.05) is 24.3 Å². The number of carbonyl (C=O) groups excluding carboxylic acids is 1. The van der Waals surface area contributed by atoms with Crippen molar-refractivity contribution >= 4 is 34.2 Å². The minimum Gasteiger partial charge on any atom is -0.389 e. The third-order valence-electron chi connectivity index (χ3n) is 2.75. The Kier molecular flexibility index (Phi) is 4.55. The van der Waals surface area contributed by atoms with E-state index in [9.17, 15) is 9.90 Å². The highest BCUT2D eigenvalue weighted by molar-refractivity contribution is 14.1. The highest BCUT2D eigenvalue weighted by atomic mass is 127. The van der Waals surface area contributed by atoms with E-state index in [2.05, 4.69) is 27.9 Å². The van der Waals surface area contributed by atoms with Crippen LogP contribution in [0.4, 0.5) is 5.69 Å². The van der Waals surface area contributed by atoms with Crippen molar-refractivity contribution in [3.05, 3.63) is 63.2 Å². The van der Waals surface area contributed by atoms with Gasteiger partial charge in [0.15, 0.2) is 0 Å². The molecule has 0 aromatic heterocycles. The fraction of sp³-hybridized carbons (Fsp3) is 0.133. The molecule has 2 aromatic rings. The number of carbonyl (C=O) groups is 1. The summed E-state index contributed by atoms with van der Waals surface area (Å²) in [6, 6.07) is 14.6. The van der Waals surface area contributed by atoms with E-state index in [1.807, 2.05) is 30.3 Å². The molecule has 0 bridgehead atoms. The first-order chi connectivity index (χ1) is 9.08. The highest BCUT2D eigenvalue weighted by Gasteiger charge is 2.10. The summed E-state index contributed by atoms with van der Waals surface area (Å²) in [5.41, 5.74) is 2.11. The second-order valence-corrected chi connectivity index (χ2v) is 5.40. The average molecular weight is 367 g/mol. The lowest BCUT2D eigenvalue weighted by atomic mass is 10.1. The molecule has 0 unspecified atom stereocenters. The van der Waals surface area contributed by atoms with Gasteiger partial charge in [-0.3, -0.25) is 4.79 Å². The van der Waals surface area contributed by atoms with Gasteiger partial charge in [-0.05, 0) is 59.3 Å². The number of rotatable bonds is 3. The van der Waals surface area contributed by atoms with Crippen LogP contribution in [-0.2, 0) is 0 Å². The Bertz CT molecular complexity index is 596. The van der Waals surface area contributed by atoms with Crippen molar-refractivity contribution in [2.75, 3.05) is 5.32 Å². The van der Waals surface area contributed by atoms with Crippen LogP contribution in [0.5, 0.6) is 0 Å². The van der Waals surface area contributed by atoms with E-state index < -0.39 is 6.10 Å². The van der Waals surface area contributed by atoms with Gasteiger partial charge in [-0.2, -0.15) is 0 Å². The molecule has 0 saturated heterocycles. The molecular formula is C15H14INO2. The summed E-state index contributed by atoms with van der Waals surface area (Å²) < 4.78 is 0.907. The monoisotopic (exact) mass is 367 g/mol. The van der Waals surface area contributed by atoms with Crippen LogP contribution < -0.4 is 5.32 Å². The largest absolute Gasteiger partial charge is 0.389 e. The number of halogens is 1. The number of amides is 1. The van der Waals surface area contributed by atoms with E-state index in [-0.39, 0.29) is 5.91 Å². The molecule has 0 fully saturated rings. The number of hydrogen-bond donors (Lipinski definition) is 2. The van der Waals surface area contributed by atoms with E-state index in [1.165, 1.54) is 0 Å². The summed E-state index contributed by atoms with van der Waals surface area (Å²) in [5.74, 6) is -0.146. The molecule has 3 nitrogen and oxygen atoms in total. The lowest BCUT2D eigenvalue weighted by Gasteiger charge is -2.10. The van der Waals surface area contributed by atoms with Gasteiger partial charge >= 0.3 is 0 Å². The van der Waals surface area contributed by atoms with Gasteiger partial charge in [-0.25, -0.2) is 0 Å². The number of aliphatic hydroxyl groups is 1. The smallest absolute Gasteiger partial charge is 0.256 e. The van der Waals surface area contributed by atoms with Crippen LogP contribution in [0.25, 0.3) is 0 Å². The number of benzene rings is 2. The molecule has 2 aromatic carbocycles. The van der Waals surface area contributed by atoms with Gasteiger partial charge < -0.3 is 10.4 Å². The normalized spacial score (nSPS) is 11.9. The standard InChI is InChI=1S/C15H14INO2/c1-10(18)11-5-4-6-12(9-11)17-15(19)13-7-2-3-8-14(13)16/h2-10,18H,1H3,(H,17,19)/t10-/m0/s1. The third-order valence-corrected chi connectivity index (χ3v) is 3.69. The molecule has 4 heteroatoms. The van der Waals surface area contributed by atoms with Crippen molar-refractivity contribution in [1.29, 1.82) is 0 Å². The Morgan fingerprint density at radius 3 is 2.63 bits per heavy atom. The van der Waals surface area contributed by atoms with Gasteiger partial charge in [-0.15, -0.1) is 0 Å². The summed E-state index contributed by atoms with van der Waals surface area (Å²) in [4.78, 5) is 12.1. The lowest BCUT2D eigenvalue weighted by Crippen LogP contribution is -2.13. The Labute approximate surface area is 125 Å². The summed E-state index contributed by atoms with van der Waals surface area (Å²) >= 11 is 2.13. The van der Waals surface area contributed by atoms with Crippen molar-refractivity contribution in [1.82, 2.24) is 0 Å². The average Bonchev–Trinajstić information content (AvgIpc) is 2.39. The minimum atomic E-state index is -0.547. The van der Waals surface area contributed by atoms with E-state index in [0.29, 0.717) is 11.3 Å². The van der Waals surface area contributed by atoms with E-state index in [1.54, 1.807) is 25.1 Å². The summed E-state index contributed by atoms with van der Waals surface area (Å²) in [6.45, 7) is 1.70. The molecule has 2 N–H and O–H groups in total. The zero-order valence-electron chi connectivity index (χ0n) is 10.4. The summed E-state index contributed by atoms with van der Waals surface area (Å²) in [5, 5.41) is 12.4. The van der Waals surface area contributed by atoms with Crippen molar-refractivity contribution in [2.24, 2.45) is 0 Å². The van der Waals surface area contributed by atoms with E-state index in [4.69, 9.17) is 0 Å². The van der Waals surface area contributed by atoms with Crippen LogP contribution in [0, 0.1) is 3.57 Å². The van der Waals surface area contributed by atoms with Crippen LogP contribution in [0.1, 0.15) is 28.9 Å². The van der Waals surface area contributed by atoms with Crippen molar-refractivity contribution in [2.45, 2.75) is 13.0 Å². The molecule has 0 radical (unpaired) electrons. The minimum absolute atomic E-state index is 0.146. The number of hydrogen-bond acceptors (Lipinski definition) is 2. The first kappa shape index (κ1) is 14.0. The lowest BCUT2D eigenvalue weighted by molar-refractivity contribution is 0.102. The SMILES string of the molecule is C[C@H](O)c1cccc(NC(=O)c2ccccc2I)c1. The maximum absolute atomic E-state index is 12.1. The summed E-state index contributed by atoms with van der Waals surface area (Å²) in [6.07, 6.45) is -0.547. The second-order valence-electron chi connectivity index (χ2n) is 4.24. The van der Waals surface area contributed by atoms with Gasteiger partial charge in [0.1, 0.15) is 0 Å². The summed E-state index contributed by atoms with van der Waals surface area (Å²) in [7, 11) is 0. The third kappa shape index (κ3) is 3.54. The number of aliphatic hydroxyl groups excluding tert-OH is 1. The zero-order valence-corrected chi connectivity index (χ0v) is 12.6. The molecule has 19 heavy (non-hydrogen) atoms. The van der Waals surface area contributed by atoms with Crippen LogP contribution in [0.3, 0.4) is 0 Å². The fourth-order valence-electron chi connectivity index (χ4n) is 1.72. The Hall–Kier alpha value is -1.40. The second kappa shape index (κ2) is 6.16. The maximum Gasteiger partial charge on any atom is 0.256 e. The first-order valence-corrected chi connectivity index (χ1v) is 6.99. The van der Waals surface area contributed by atoms with Crippen LogP contribution in [0.2, 0.25) is 0 Å². The van der Waals surface area contributed by atoms with Crippen LogP contribution in [-0.4, -0.2) is 11.0 Å². The molecule has 1 atom stereocenters. The molecule has 2 rings (SSSR count). The Balaban J connectivity index is 2.20. The van der Waals surface area contributed by atoms with Crippen LogP contribution in [0.15, 0.2) is 48.5 Å². The maximum atomic E-state index is 12.1. The number of nitrogens with one attached hydrogen (secondary N) is 1. The van der Waals surface area contributed by atoms with Crippen molar-refractivity contribution in [3.63, 3.8) is 0 Å². The molecule has 0 heterocycles. The molecule has 0 aliphatic carbocycles. The Morgan fingerprint density at radius 2 is 1.95 bits per heavy atom. The molecule has 1 amide bonds. The van der Waals surface area contributed by atoms with Gasteiger partial charge in [0.05, 0.1) is 11.7 Å². The molecule has 0 aliphatic heterocycles. The quantitative estimate of drug-likeness (QED) is 0.815. The molecular weight excluding hydrogens is 353 g/mol. The van der Waals surface area contributed by atoms with Gasteiger partial charge in [0, 0.05) is 9.26 Å². The van der Waals surface area contributed by atoms with E-state index >= 15 is 0 Å². The van der Waals surface area contributed by atoms with Crippen molar-refractivity contribution in [3.8, 4) is 0 Å². The molecule has 0 spiro atoms. The molecule has 98 valence electrons. The van der Waals surface area contributed by atoms with Crippen LogP contribution >= 0.6 is 22.6 Å². The molecule has 0 aliphatic rings. The van der Waals surface area contributed by atoms with Crippen molar-refractivity contribution < 1.29 is 9.90 Å². The van der Waals surface area contributed by atoms with Gasteiger partial charge in [0.2, 0.25) is 0 Å². The topological polar surface area (TPSA) is 49.3 Å². The predicted octanol–water partition coefficient (Wildman–Crippen LogP) is 3.60.